The molecule has 1 N–H and O–H groups in total. The van der Waals surface area contributed by atoms with Gasteiger partial charge >= 0.3 is 0 Å². The van der Waals surface area contributed by atoms with E-state index in [-0.39, 0.29) is 17.9 Å². The molecular formula is C14H19N5O2S. The van der Waals surface area contributed by atoms with Crippen LogP contribution in [0.2, 0.25) is 0 Å². The third kappa shape index (κ3) is 3.33. The van der Waals surface area contributed by atoms with E-state index < -0.39 is 0 Å². The zero-order chi connectivity index (χ0) is 15.5. The van der Waals surface area contributed by atoms with E-state index in [0.717, 1.165) is 19.4 Å². The fourth-order valence-electron chi connectivity index (χ4n) is 2.52. The summed E-state index contributed by atoms with van der Waals surface area (Å²) in [5, 5.41) is 13.4. The number of nitrogens with one attached hydrogen (secondary N) is 1. The van der Waals surface area contributed by atoms with Crippen molar-refractivity contribution in [3.8, 4) is 0 Å². The lowest BCUT2D eigenvalue weighted by molar-refractivity contribution is -0.120. The highest BCUT2D eigenvalue weighted by atomic mass is 32.1. The van der Waals surface area contributed by atoms with Gasteiger partial charge in [0.2, 0.25) is 17.7 Å². The summed E-state index contributed by atoms with van der Waals surface area (Å²) < 4.78 is 5.64. The maximum absolute atomic E-state index is 12.4. The molecule has 0 spiro atoms. The van der Waals surface area contributed by atoms with Crippen molar-refractivity contribution in [3.05, 3.63) is 23.4 Å². The zero-order valence-electron chi connectivity index (χ0n) is 12.7. The predicted molar refractivity (Wildman–Crippen MR) is 82.6 cm³/mol. The van der Waals surface area contributed by atoms with Gasteiger partial charge in [-0.05, 0) is 19.4 Å². The second-order valence-electron chi connectivity index (χ2n) is 5.64. The molecule has 0 bridgehead atoms. The summed E-state index contributed by atoms with van der Waals surface area (Å²) >= 11 is 1.42. The van der Waals surface area contributed by atoms with E-state index in [1.54, 1.807) is 6.20 Å². The molecule has 8 heteroatoms. The molecule has 1 saturated heterocycles. The normalized spacial score (nSPS) is 19.0. The van der Waals surface area contributed by atoms with E-state index in [1.807, 2.05) is 19.2 Å². The van der Waals surface area contributed by atoms with Gasteiger partial charge in [0.15, 0.2) is 5.13 Å². The number of hydrogen-bond acceptors (Lipinski definition) is 7. The van der Waals surface area contributed by atoms with Crippen molar-refractivity contribution in [1.82, 2.24) is 20.1 Å². The van der Waals surface area contributed by atoms with E-state index in [9.17, 15) is 4.79 Å². The molecule has 1 fully saturated rings. The summed E-state index contributed by atoms with van der Waals surface area (Å²) in [6.45, 7) is 5.39. The number of hydrogen-bond donors (Lipinski definition) is 1. The Bertz CT molecular complexity index is 625. The Balaban J connectivity index is 1.63. The second kappa shape index (κ2) is 6.53. The van der Waals surface area contributed by atoms with Gasteiger partial charge in [0.1, 0.15) is 0 Å². The van der Waals surface area contributed by atoms with Gasteiger partial charge in [0.25, 0.3) is 0 Å². The summed E-state index contributed by atoms with van der Waals surface area (Å²) in [6, 6.07) is -0.168. The van der Waals surface area contributed by atoms with Gasteiger partial charge in [-0.2, -0.15) is 0 Å². The molecule has 0 aromatic carbocycles. The highest BCUT2D eigenvalue weighted by Gasteiger charge is 2.32. The lowest BCUT2D eigenvalue weighted by atomic mass is 10.2. The van der Waals surface area contributed by atoms with Crippen molar-refractivity contribution in [2.75, 3.05) is 11.9 Å². The quantitative estimate of drug-likeness (QED) is 0.909. The molecule has 2 aromatic rings. The molecule has 118 valence electrons. The van der Waals surface area contributed by atoms with E-state index in [0.29, 0.717) is 23.5 Å². The van der Waals surface area contributed by atoms with Crippen LogP contribution in [0.1, 0.15) is 44.4 Å². The number of carbonyl (C=O) groups excluding carboxylic acids is 1. The number of carbonyl (C=O) groups is 1. The van der Waals surface area contributed by atoms with Crippen molar-refractivity contribution < 1.29 is 9.21 Å². The van der Waals surface area contributed by atoms with Gasteiger partial charge in [0.05, 0.1) is 12.6 Å². The number of aromatic nitrogens is 3. The molecule has 3 heterocycles. The molecule has 1 aliphatic rings. The average Bonchev–Trinajstić information content (AvgIpc) is 3.19. The number of anilines is 1. The van der Waals surface area contributed by atoms with Gasteiger partial charge in [-0.3, -0.25) is 9.69 Å². The monoisotopic (exact) mass is 321 g/mol. The average molecular weight is 321 g/mol. The van der Waals surface area contributed by atoms with Crippen molar-refractivity contribution in [2.24, 2.45) is 0 Å². The van der Waals surface area contributed by atoms with E-state index in [2.05, 4.69) is 25.4 Å². The third-order valence-electron chi connectivity index (χ3n) is 3.64. The van der Waals surface area contributed by atoms with Crippen LogP contribution in [0, 0.1) is 0 Å². The number of thiazole rings is 1. The minimum atomic E-state index is -0.168. The molecule has 0 unspecified atom stereocenters. The molecule has 22 heavy (non-hydrogen) atoms. The van der Waals surface area contributed by atoms with E-state index in [1.165, 1.54) is 11.3 Å². The van der Waals surface area contributed by atoms with Crippen LogP contribution in [-0.2, 0) is 11.3 Å². The van der Waals surface area contributed by atoms with Crippen LogP contribution in [0.15, 0.2) is 16.0 Å². The van der Waals surface area contributed by atoms with E-state index in [4.69, 9.17) is 4.42 Å². The van der Waals surface area contributed by atoms with Crippen molar-refractivity contribution in [2.45, 2.75) is 45.2 Å². The molecule has 1 atom stereocenters. The second-order valence-corrected chi connectivity index (χ2v) is 6.54. The summed E-state index contributed by atoms with van der Waals surface area (Å²) in [6.07, 6.45) is 3.50. The van der Waals surface area contributed by atoms with Crippen LogP contribution in [0.4, 0.5) is 5.13 Å². The SMILES string of the molecule is CC(C)c1nnc(CN2CCC[C@@H]2C(=O)Nc2nccs2)o1. The van der Waals surface area contributed by atoms with Crippen LogP contribution in [-0.4, -0.2) is 38.6 Å². The zero-order valence-corrected chi connectivity index (χ0v) is 13.5. The Kier molecular flexibility index (Phi) is 4.49. The van der Waals surface area contributed by atoms with Gasteiger partial charge in [-0.25, -0.2) is 4.98 Å². The summed E-state index contributed by atoms with van der Waals surface area (Å²) in [7, 11) is 0. The maximum atomic E-state index is 12.4. The first kappa shape index (κ1) is 15.1. The summed E-state index contributed by atoms with van der Waals surface area (Å²) in [5.74, 6) is 1.40. The lowest BCUT2D eigenvalue weighted by Gasteiger charge is -2.21. The molecule has 1 aliphatic heterocycles. The van der Waals surface area contributed by atoms with Crippen LogP contribution in [0.25, 0.3) is 0 Å². The standard InChI is InChI=1S/C14H19N5O2S/c1-9(2)13-18-17-11(21-13)8-19-6-3-4-10(19)12(20)16-14-15-5-7-22-14/h5,7,9-10H,3-4,6,8H2,1-2H3,(H,15,16,20)/t10-/m1/s1. The first-order valence-electron chi connectivity index (χ1n) is 7.40. The smallest absolute Gasteiger partial charge is 0.243 e. The van der Waals surface area contributed by atoms with Crippen molar-refractivity contribution in [1.29, 1.82) is 0 Å². The Morgan fingerprint density at radius 3 is 3.09 bits per heavy atom. The predicted octanol–water partition coefficient (Wildman–Crippen LogP) is 2.25. The van der Waals surface area contributed by atoms with Crippen LogP contribution in [0.5, 0.6) is 0 Å². The van der Waals surface area contributed by atoms with Crippen molar-refractivity contribution in [3.63, 3.8) is 0 Å². The third-order valence-corrected chi connectivity index (χ3v) is 4.33. The molecule has 0 radical (unpaired) electrons. The Morgan fingerprint density at radius 1 is 1.55 bits per heavy atom. The minimum absolute atomic E-state index is 0.0175. The first-order valence-corrected chi connectivity index (χ1v) is 8.28. The highest BCUT2D eigenvalue weighted by Crippen LogP contribution is 2.22. The van der Waals surface area contributed by atoms with Crippen molar-refractivity contribution >= 4 is 22.4 Å². The van der Waals surface area contributed by atoms with Gasteiger partial charge in [-0.15, -0.1) is 21.5 Å². The van der Waals surface area contributed by atoms with Crippen LogP contribution in [0.3, 0.4) is 0 Å². The van der Waals surface area contributed by atoms with Crippen LogP contribution >= 0.6 is 11.3 Å². The molecule has 0 aliphatic carbocycles. The Labute approximate surface area is 132 Å². The fraction of sp³-hybridized carbons (Fsp3) is 0.571. The number of rotatable bonds is 5. The van der Waals surface area contributed by atoms with Gasteiger partial charge in [0, 0.05) is 17.5 Å². The molecular weight excluding hydrogens is 302 g/mol. The molecule has 2 aromatic heterocycles. The fourth-order valence-corrected chi connectivity index (χ4v) is 3.06. The van der Waals surface area contributed by atoms with Gasteiger partial charge in [-0.1, -0.05) is 13.8 Å². The van der Waals surface area contributed by atoms with Crippen LogP contribution < -0.4 is 5.32 Å². The Hall–Kier alpha value is -1.80. The molecule has 7 nitrogen and oxygen atoms in total. The number of nitrogens with zero attached hydrogens (tertiary/aromatic N) is 4. The Morgan fingerprint density at radius 2 is 2.41 bits per heavy atom. The topological polar surface area (TPSA) is 84.2 Å². The largest absolute Gasteiger partial charge is 0.424 e. The molecule has 1 amide bonds. The number of amides is 1. The van der Waals surface area contributed by atoms with Gasteiger partial charge < -0.3 is 9.73 Å². The summed E-state index contributed by atoms with van der Waals surface area (Å²) in [5.41, 5.74) is 0. The minimum Gasteiger partial charge on any atom is -0.424 e. The highest BCUT2D eigenvalue weighted by molar-refractivity contribution is 7.13. The summed E-state index contributed by atoms with van der Waals surface area (Å²) in [4.78, 5) is 18.5. The molecule has 3 rings (SSSR count). The first-order chi connectivity index (χ1) is 10.6. The van der Waals surface area contributed by atoms with E-state index >= 15 is 0 Å². The molecule has 0 saturated carbocycles. The lowest BCUT2D eigenvalue weighted by Crippen LogP contribution is -2.39. The number of likely N-dealkylation sites (tertiary alicyclic amines) is 1. The maximum Gasteiger partial charge on any atom is 0.243 e.